The fourth-order valence-electron chi connectivity index (χ4n) is 1.65. The van der Waals surface area contributed by atoms with E-state index >= 15 is 0 Å². The molecule has 0 aliphatic carbocycles. The maximum atomic E-state index is 12.1. The maximum absolute atomic E-state index is 12.1. The molecule has 0 fully saturated rings. The number of hydrogen-bond acceptors (Lipinski definition) is 4. The summed E-state index contributed by atoms with van der Waals surface area (Å²) in [6.07, 6.45) is -4.40. The number of ether oxygens (including phenoxy) is 2. The molecule has 114 valence electrons. The second-order valence-electron chi connectivity index (χ2n) is 4.55. The number of benzene rings is 1. The van der Waals surface area contributed by atoms with Crippen LogP contribution < -0.4 is 16.0 Å². The molecule has 7 heteroatoms. The van der Waals surface area contributed by atoms with Gasteiger partial charge in [0, 0.05) is 5.56 Å². The zero-order valence-electron chi connectivity index (χ0n) is 11.4. The van der Waals surface area contributed by atoms with Gasteiger partial charge in [0.25, 0.3) is 0 Å². The Bertz CT molecular complexity index is 411. The summed E-state index contributed by atoms with van der Waals surface area (Å²) in [6.45, 7) is 2.22. The van der Waals surface area contributed by atoms with Crippen molar-refractivity contribution in [2.45, 2.75) is 32.2 Å². The van der Waals surface area contributed by atoms with Gasteiger partial charge in [-0.05, 0) is 19.9 Å². The molecule has 1 aromatic carbocycles. The van der Waals surface area contributed by atoms with Crippen LogP contribution in [0.1, 0.15) is 25.5 Å². The van der Waals surface area contributed by atoms with E-state index in [4.69, 9.17) is 10.6 Å². The van der Waals surface area contributed by atoms with Gasteiger partial charge in [0.15, 0.2) is 0 Å². The van der Waals surface area contributed by atoms with Crippen molar-refractivity contribution in [1.82, 2.24) is 5.43 Å². The molecule has 0 saturated carbocycles. The molecular weight excluding hydrogens is 273 g/mol. The minimum Gasteiger partial charge on any atom is -0.491 e. The van der Waals surface area contributed by atoms with Gasteiger partial charge in [-0.2, -0.15) is 13.2 Å². The summed E-state index contributed by atoms with van der Waals surface area (Å²) in [5, 5.41) is 0. The van der Waals surface area contributed by atoms with Crippen molar-refractivity contribution in [2.24, 2.45) is 5.84 Å². The molecular formula is C13H19F3N2O2. The zero-order valence-corrected chi connectivity index (χ0v) is 11.4. The van der Waals surface area contributed by atoms with Crippen molar-refractivity contribution in [3.8, 4) is 5.75 Å². The number of rotatable bonds is 7. The number of hydrazine groups is 1. The van der Waals surface area contributed by atoms with Crippen LogP contribution in [0.2, 0.25) is 0 Å². The lowest BCUT2D eigenvalue weighted by atomic mass is 10.1. The summed E-state index contributed by atoms with van der Waals surface area (Å²) in [7, 11) is 0. The van der Waals surface area contributed by atoms with Crippen LogP contribution in [0.3, 0.4) is 0 Å². The zero-order chi connectivity index (χ0) is 15.2. The van der Waals surface area contributed by atoms with E-state index in [-0.39, 0.29) is 12.7 Å². The van der Waals surface area contributed by atoms with Gasteiger partial charge in [-0.25, -0.2) is 0 Å². The summed E-state index contributed by atoms with van der Waals surface area (Å²) < 4.78 is 46.4. The molecule has 0 aliphatic heterocycles. The number of nitrogens with one attached hydrogen (secondary N) is 1. The van der Waals surface area contributed by atoms with E-state index in [0.717, 1.165) is 0 Å². The Kier molecular flexibility index (Phi) is 6.25. The highest BCUT2D eigenvalue weighted by molar-refractivity contribution is 5.36. The largest absolute Gasteiger partial charge is 0.491 e. The van der Waals surface area contributed by atoms with Crippen molar-refractivity contribution >= 4 is 0 Å². The van der Waals surface area contributed by atoms with E-state index in [2.05, 4.69) is 10.2 Å². The first-order valence-corrected chi connectivity index (χ1v) is 6.19. The molecule has 1 unspecified atom stereocenters. The van der Waals surface area contributed by atoms with Crippen LogP contribution in [0.5, 0.6) is 5.75 Å². The highest BCUT2D eigenvalue weighted by atomic mass is 19.4. The average Bonchev–Trinajstić information content (AvgIpc) is 2.34. The number of para-hydroxylation sites is 1. The summed E-state index contributed by atoms with van der Waals surface area (Å²) in [5.74, 6) is 5.96. The van der Waals surface area contributed by atoms with E-state index < -0.39 is 18.8 Å². The SMILES string of the molecule is CC(C)Oc1ccccc1C(COCC(F)(F)F)NN. The molecule has 1 aromatic rings. The highest BCUT2D eigenvalue weighted by Gasteiger charge is 2.28. The van der Waals surface area contributed by atoms with Gasteiger partial charge >= 0.3 is 6.18 Å². The van der Waals surface area contributed by atoms with Crippen LogP contribution >= 0.6 is 0 Å². The summed E-state index contributed by atoms with van der Waals surface area (Å²) in [4.78, 5) is 0. The van der Waals surface area contributed by atoms with Gasteiger partial charge in [0.05, 0.1) is 18.8 Å². The number of hydrogen-bond donors (Lipinski definition) is 2. The van der Waals surface area contributed by atoms with E-state index in [1.165, 1.54) is 0 Å². The summed E-state index contributed by atoms with van der Waals surface area (Å²) >= 11 is 0. The summed E-state index contributed by atoms with van der Waals surface area (Å²) in [6, 6.07) is 6.44. The van der Waals surface area contributed by atoms with Gasteiger partial charge in [-0.3, -0.25) is 11.3 Å². The molecule has 1 rings (SSSR count). The van der Waals surface area contributed by atoms with Gasteiger partial charge in [0.1, 0.15) is 12.4 Å². The van der Waals surface area contributed by atoms with E-state index in [0.29, 0.717) is 11.3 Å². The van der Waals surface area contributed by atoms with Crippen molar-refractivity contribution in [1.29, 1.82) is 0 Å². The van der Waals surface area contributed by atoms with E-state index in [9.17, 15) is 13.2 Å². The van der Waals surface area contributed by atoms with Gasteiger partial charge in [-0.15, -0.1) is 0 Å². The normalized spacial score (nSPS) is 13.6. The average molecular weight is 292 g/mol. The molecule has 0 radical (unpaired) electrons. The Morgan fingerprint density at radius 3 is 2.45 bits per heavy atom. The highest BCUT2D eigenvalue weighted by Crippen LogP contribution is 2.26. The molecule has 0 saturated heterocycles. The molecule has 20 heavy (non-hydrogen) atoms. The molecule has 1 atom stereocenters. The Morgan fingerprint density at radius 1 is 1.25 bits per heavy atom. The Labute approximate surface area is 116 Å². The van der Waals surface area contributed by atoms with Crippen LogP contribution in [0, 0.1) is 0 Å². The molecule has 0 bridgehead atoms. The lowest BCUT2D eigenvalue weighted by molar-refractivity contribution is -0.175. The minimum atomic E-state index is -4.35. The van der Waals surface area contributed by atoms with Crippen LogP contribution in [0.15, 0.2) is 24.3 Å². The predicted molar refractivity (Wildman–Crippen MR) is 69.1 cm³/mol. The number of alkyl halides is 3. The van der Waals surface area contributed by atoms with Crippen LogP contribution in [0.4, 0.5) is 13.2 Å². The Morgan fingerprint density at radius 2 is 1.90 bits per heavy atom. The first-order valence-electron chi connectivity index (χ1n) is 6.19. The third-order valence-corrected chi connectivity index (χ3v) is 2.41. The first-order chi connectivity index (χ1) is 9.33. The lowest BCUT2D eigenvalue weighted by Gasteiger charge is -2.21. The van der Waals surface area contributed by atoms with Crippen molar-refractivity contribution in [2.75, 3.05) is 13.2 Å². The van der Waals surface area contributed by atoms with Crippen molar-refractivity contribution in [3.05, 3.63) is 29.8 Å². The standard InChI is InChI=1S/C13H19F3N2O2/c1-9(2)20-12-6-4-3-5-10(12)11(18-17)7-19-8-13(14,15)16/h3-6,9,11,18H,7-8,17H2,1-2H3. The first kappa shape index (κ1) is 16.7. The molecule has 0 spiro atoms. The summed E-state index contributed by atoms with van der Waals surface area (Å²) in [5.41, 5.74) is 3.10. The van der Waals surface area contributed by atoms with E-state index in [1.807, 2.05) is 13.8 Å². The minimum absolute atomic E-state index is 0.0503. The second-order valence-corrected chi connectivity index (χ2v) is 4.55. The Hall–Kier alpha value is -1.31. The number of halogens is 3. The van der Waals surface area contributed by atoms with Crippen molar-refractivity contribution in [3.63, 3.8) is 0 Å². The van der Waals surface area contributed by atoms with Gasteiger partial charge in [0.2, 0.25) is 0 Å². The molecule has 0 aromatic heterocycles. The molecule has 0 heterocycles. The fourth-order valence-corrected chi connectivity index (χ4v) is 1.65. The smallest absolute Gasteiger partial charge is 0.411 e. The monoisotopic (exact) mass is 292 g/mol. The lowest BCUT2D eigenvalue weighted by Crippen LogP contribution is -2.33. The molecule has 3 N–H and O–H groups in total. The van der Waals surface area contributed by atoms with Crippen molar-refractivity contribution < 1.29 is 22.6 Å². The third-order valence-electron chi connectivity index (χ3n) is 2.41. The van der Waals surface area contributed by atoms with Gasteiger partial charge < -0.3 is 9.47 Å². The van der Waals surface area contributed by atoms with Crippen LogP contribution in [0.25, 0.3) is 0 Å². The maximum Gasteiger partial charge on any atom is 0.411 e. The quantitative estimate of drug-likeness (QED) is 0.599. The Balaban J connectivity index is 2.74. The number of nitrogens with two attached hydrogens (primary N) is 1. The predicted octanol–water partition coefficient (Wildman–Crippen LogP) is 2.56. The van der Waals surface area contributed by atoms with Crippen LogP contribution in [-0.2, 0) is 4.74 Å². The van der Waals surface area contributed by atoms with E-state index in [1.54, 1.807) is 24.3 Å². The third kappa shape index (κ3) is 5.77. The molecule has 0 aliphatic rings. The fraction of sp³-hybridized carbons (Fsp3) is 0.538. The van der Waals surface area contributed by atoms with Gasteiger partial charge in [-0.1, -0.05) is 18.2 Å². The van der Waals surface area contributed by atoms with Crippen LogP contribution in [-0.4, -0.2) is 25.5 Å². The second kappa shape index (κ2) is 7.47. The topological polar surface area (TPSA) is 56.5 Å². The molecule has 0 amide bonds. The molecule has 4 nitrogen and oxygen atoms in total.